The fourth-order valence-corrected chi connectivity index (χ4v) is 13.0. The molecule has 0 aliphatic carbocycles. The number of pyridine rings is 1. The van der Waals surface area contributed by atoms with Crippen molar-refractivity contribution in [2.45, 2.75) is 97.1 Å². The average molecular weight is 1010 g/mol. The van der Waals surface area contributed by atoms with Crippen LogP contribution in [0.15, 0.2) is 65.3 Å². The van der Waals surface area contributed by atoms with Gasteiger partial charge in [0.25, 0.3) is 0 Å². The van der Waals surface area contributed by atoms with Crippen LogP contribution < -0.4 is 35.8 Å². The number of hydrogen-bond donors (Lipinski definition) is 3. The van der Waals surface area contributed by atoms with Gasteiger partial charge in [-0.05, 0) is 149 Å². The van der Waals surface area contributed by atoms with E-state index >= 15 is 0 Å². The van der Waals surface area contributed by atoms with E-state index in [1.165, 1.54) is 22.4 Å². The van der Waals surface area contributed by atoms with Gasteiger partial charge in [-0.3, -0.25) is 14.7 Å². The van der Waals surface area contributed by atoms with Gasteiger partial charge >= 0.3 is 0 Å². The quantitative estimate of drug-likeness (QED) is 0.0865. The number of piperidine rings is 2. The third-order valence-electron chi connectivity index (χ3n) is 14.7. The molecule has 4 aliphatic rings. The summed E-state index contributed by atoms with van der Waals surface area (Å²) in [5.41, 5.74) is 9.06. The fourth-order valence-electron chi connectivity index (χ4n) is 11.2. The first kappa shape index (κ1) is 48.4. The van der Waals surface area contributed by atoms with E-state index in [1.54, 1.807) is 19.5 Å². The number of benzene rings is 3. The van der Waals surface area contributed by atoms with Crippen LogP contribution in [0.2, 0.25) is 0 Å². The molecule has 0 radical (unpaired) electrons. The molecule has 0 spiro atoms. The summed E-state index contributed by atoms with van der Waals surface area (Å²) in [5, 5.41) is 12.1. The molecule has 15 heteroatoms. The highest BCUT2D eigenvalue weighted by Crippen LogP contribution is 2.46. The van der Waals surface area contributed by atoms with Crippen molar-refractivity contribution in [3.63, 3.8) is 0 Å². The van der Waals surface area contributed by atoms with Crippen LogP contribution >= 0.6 is 23.1 Å². The minimum absolute atomic E-state index is 0.236. The number of hydrogen-bond acceptors (Lipinski definition) is 12. The molecule has 2 aromatic heterocycles. The Hall–Kier alpha value is -4.59. The van der Waals surface area contributed by atoms with Gasteiger partial charge in [0, 0.05) is 104 Å². The summed E-state index contributed by atoms with van der Waals surface area (Å²) in [4.78, 5) is 38.2. The maximum Gasteiger partial charge on any atom is 0.237 e. The van der Waals surface area contributed by atoms with Gasteiger partial charge in [-0.2, -0.15) is 4.98 Å². The van der Waals surface area contributed by atoms with Crippen molar-refractivity contribution in [1.29, 1.82) is 0 Å². The van der Waals surface area contributed by atoms with Crippen molar-refractivity contribution in [1.82, 2.24) is 30.1 Å². The SMILES string of the molecule is CCOc1cc(N2CCC(N3CCN(CCc4cccc5c4C(C)(C)C(=O)N5C4CCCNC4)CC3)CC2)c(CC)cc1Nc1ncc(Br)c(Nc2ccc3nc(CC)ccc3c2P(C)(C)=O)n1. The van der Waals surface area contributed by atoms with Crippen molar-refractivity contribution in [2.24, 2.45) is 0 Å². The van der Waals surface area contributed by atoms with E-state index in [0.717, 1.165) is 149 Å². The average Bonchev–Trinajstić information content (AvgIpc) is 3.55. The number of ether oxygens (including phenoxy) is 1. The number of carbonyl (C=O) groups excluding carboxylic acids is 1. The minimum Gasteiger partial charge on any atom is -0.492 e. The topological polar surface area (TPSA) is 131 Å². The van der Waals surface area contributed by atoms with Gasteiger partial charge in [0.1, 0.15) is 18.7 Å². The zero-order chi connectivity index (χ0) is 47.7. The zero-order valence-corrected chi connectivity index (χ0v) is 43.6. The van der Waals surface area contributed by atoms with Crippen LogP contribution in [0.5, 0.6) is 5.75 Å². The van der Waals surface area contributed by atoms with E-state index in [0.29, 0.717) is 28.9 Å². The molecule has 0 bridgehead atoms. The van der Waals surface area contributed by atoms with Gasteiger partial charge in [0.05, 0.1) is 33.4 Å². The molecule has 3 fully saturated rings. The van der Waals surface area contributed by atoms with Crippen molar-refractivity contribution in [3.8, 4) is 5.75 Å². The van der Waals surface area contributed by atoms with Gasteiger partial charge < -0.3 is 40.0 Å². The zero-order valence-electron chi connectivity index (χ0n) is 41.1. The van der Waals surface area contributed by atoms with E-state index in [1.807, 2.05) is 31.2 Å². The van der Waals surface area contributed by atoms with E-state index in [9.17, 15) is 9.36 Å². The molecule has 9 rings (SSSR count). The summed E-state index contributed by atoms with van der Waals surface area (Å²) in [6, 6.07) is 19.8. The lowest BCUT2D eigenvalue weighted by atomic mass is 9.82. The number of halogens is 1. The number of fused-ring (bicyclic) bond motifs is 2. The molecule has 0 saturated carbocycles. The highest BCUT2D eigenvalue weighted by atomic mass is 79.9. The van der Waals surface area contributed by atoms with E-state index < -0.39 is 12.6 Å². The summed E-state index contributed by atoms with van der Waals surface area (Å²) in [6.45, 7) is 23.9. The predicted octanol–water partition coefficient (Wildman–Crippen LogP) is 9.25. The van der Waals surface area contributed by atoms with E-state index in [2.05, 4.69) is 114 Å². The first-order chi connectivity index (χ1) is 32.8. The van der Waals surface area contributed by atoms with Crippen LogP contribution in [0, 0.1) is 0 Å². The van der Waals surface area contributed by atoms with Crippen LogP contribution in [-0.2, 0) is 34.0 Å². The monoisotopic (exact) mass is 1000 g/mol. The van der Waals surface area contributed by atoms with Crippen LogP contribution in [0.4, 0.5) is 34.5 Å². The number of aryl methyl sites for hydroxylation is 2. The molecule has 362 valence electrons. The van der Waals surface area contributed by atoms with Gasteiger partial charge in [0.15, 0.2) is 0 Å². The third-order valence-corrected chi connectivity index (χ3v) is 16.9. The van der Waals surface area contributed by atoms with Crippen molar-refractivity contribution in [3.05, 3.63) is 87.7 Å². The smallest absolute Gasteiger partial charge is 0.237 e. The Balaban J connectivity index is 0.828. The molecule has 5 aromatic rings. The Labute approximate surface area is 411 Å². The first-order valence-corrected chi connectivity index (χ1v) is 28.4. The highest BCUT2D eigenvalue weighted by Gasteiger charge is 2.47. The molecule has 1 unspecified atom stereocenters. The largest absolute Gasteiger partial charge is 0.492 e. The molecule has 13 nitrogen and oxygen atoms in total. The van der Waals surface area contributed by atoms with Crippen molar-refractivity contribution >= 4 is 79.7 Å². The molecule has 1 amide bonds. The number of nitrogens with one attached hydrogen (secondary N) is 3. The number of carbonyl (C=O) groups is 1. The summed E-state index contributed by atoms with van der Waals surface area (Å²) >= 11 is 3.66. The molecule has 6 heterocycles. The molecule has 68 heavy (non-hydrogen) atoms. The van der Waals surface area contributed by atoms with Gasteiger partial charge in [-0.1, -0.05) is 32.0 Å². The molecule has 3 saturated heterocycles. The fraction of sp³-hybridized carbons (Fsp3) is 0.509. The molecule has 4 aliphatic heterocycles. The molecule has 1 atom stereocenters. The maximum atomic E-state index is 13.9. The standard InChI is InChI=1S/C53H70BrN10O3P/c1-8-35-31-44(59-52-56-34-41(54)50(60-52)58-43-19-18-42-40(49(43)68(6,7)66)17-16-37(9-2)57-42)47(67-10-3)32-46(35)63-25-21-38(22-26-63)62-29-27-61(28-30-62)24-20-36-13-11-15-45-48(36)53(4,5)51(65)64(45)39-14-12-23-55-33-39/h11,13,15-19,31-32,34,38-39,55H,8-10,12,14,20-30,33H2,1-7H3,(H2,56,58,59,60). The Bertz CT molecular complexity index is 2690. The van der Waals surface area contributed by atoms with Gasteiger partial charge in [-0.25, -0.2) is 4.98 Å². The number of nitrogens with zero attached hydrogens (tertiary/aromatic N) is 7. The number of rotatable bonds is 15. The normalized spacial score (nSPS) is 19.4. The summed E-state index contributed by atoms with van der Waals surface area (Å²) in [6.07, 6.45) is 8.83. The summed E-state index contributed by atoms with van der Waals surface area (Å²) in [5.74, 6) is 1.99. The van der Waals surface area contributed by atoms with Crippen LogP contribution in [0.1, 0.15) is 82.7 Å². The summed E-state index contributed by atoms with van der Waals surface area (Å²) in [7, 11) is -2.73. The van der Waals surface area contributed by atoms with Crippen LogP contribution in [-0.4, -0.2) is 122 Å². The lowest BCUT2D eigenvalue weighted by Gasteiger charge is -2.43. The molecular weight excluding hydrogens is 936 g/mol. The second-order valence-electron chi connectivity index (χ2n) is 19.9. The molecule has 3 aromatic carbocycles. The Morgan fingerprint density at radius 1 is 0.868 bits per heavy atom. The lowest BCUT2D eigenvalue weighted by molar-refractivity contribution is -0.122. The van der Waals surface area contributed by atoms with Crippen molar-refractivity contribution in [2.75, 3.05) is 99.3 Å². The molecule has 3 N–H and O–H groups in total. The van der Waals surface area contributed by atoms with Crippen LogP contribution in [0.25, 0.3) is 10.9 Å². The Morgan fingerprint density at radius 3 is 2.37 bits per heavy atom. The maximum absolute atomic E-state index is 13.9. The Kier molecular flexibility index (Phi) is 14.5. The Morgan fingerprint density at radius 2 is 1.66 bits per heavy atom. The lowest BCUT2D eigenvalue weighted by Crippen LogP contribution is -2.53. The second-order valence-corrected chi connectivity index (χ2v) is 23.9. The number of anilines is 6. The minimum atomic E-state index is -2.73. The third kappa shape index (κ3) is 9.91. The predicted molar refractivity (Wildman–Crippen MR) is 283 cm³/mol. The van der Waals surface area contributed by atoms with Crippen LogP contribution in [0.3, 0.4) is 0 Å². The number of amides is 1. The van der Waals surface area contributed by atoms with Crippen molar-refractivity contribution < 1.29 is 14.1 Å². The summed E-state index contributed by atoms with van der Waals surface area (Å²) < 4.78 is 20.8. The van der Waals surface area contributed by atoms with Gasteiger partial charge in [0.2, 0.25) is 11.9 Å². The van der Waals surface area contributed by atoms with Gasteiger partial charge in [-0.15, -0.1) is 0 Å². The van der Waals surface area contributed by atoms with E-state index in [-0.39, 0.29) is 11.9 Å². The second kappa shape index (κ2) is 20.4. The first-order valence-electron chi connectivity index (χ1n) is 25.0. The number of aromatic nitrogens is 3. The highest BCUT2D eigenvalue weighted by molar-refractivity contribution is 9.10. The number of piperazine rings is 1. The van der Waals surface area contributed by atoms with E-state index in [4.69, 9.17) is 14.7 Å². The molecular formula is C53H70BrN10O3P.